The summed E-state index contributed by atoms with van der Waals surface area (Å²) in [6.07, 6.45) is 2.01. The lowest BCUT2D eigenvalue weighted by Gasteiger charge is -2.27. The number of rotatable bonds is 6. The first-order valence-corrected chi connectivity index (χ1v) is 6.17. The maximum absolute atomic E-state index is 10.4. The highest BCUT2D eigenvalue weighted by molar-refractivity contribution is 6.30. The van der Waals surface area contributed by atoms with E-state index in [4.69, 9.17) is 22.1 Å². The lowest BCUT2D eigenvalue weighted by Crippen LogP contribution is -2.39. The van der Waals surface area contributed by atoms with Gasteiger partial charge in [0.1, 0.15) is 5.75 Å². The monoisotopic (exact) mass is 257 g/mol. The number of hydrogen-bond donors (Lipinski definition) is 2. The number of halogens is 1. The minimum Gasteiger partial charge on any atom is -0.496 e. The molecule has 96 valence electrons. The molecular weight excluding hydrogens is 238 g/mol. The van der Waals surface area contributed by atoms with Crippen molar-refractivity contribution in [2.24, 2.45) is 5.73 Å². The van der Waals surface area contributed by atoms with Crippen molar-refractivity contribution in [3.63, 3.8) is 0 Å². The number of methoxy groups -OCH3 is 1. The molecule has 0 fully saturated rings. The molecule has 0 saturated carbocycles. The molecule has 0 spiro atoms. The summed E-state index contributed by atoms with van der Waals surface area (Å²) in [7, 11) is 1.61. The summed E-state index contributed by atoms with van der Waals surface area (Å²) in [6, 6.07) is 5.39. The zero-order valence-corrected chi connectivity index (χ0v) is 11.1. The van der Waals surface area contributed by atoms with Crippen LogP contribution in [0.5, 0.6) is 5.75 Å². The molecule has 3 N–H and O–H groups in total. The summed E-state index contributed by atoms with van der Waals surface area (Å²) < 4.78 is 5.26. The molecular formula is C13H20ClNO2. The number of hydrogen-bond acceptors (Lipinski definition) is 3. The van der Waals surface area contributed by atoms with E-state index >= 15 is 0 Å². The SMILES string of the molecule is CCCC(O)(CN)Cc1cc(Cl)ccc1OC. The largest absolute Gasteiger partial charge is 0.496 e. The Balaban J connectivity index is 2.95. The molecule has 4 heteroatoms. The molecule has 1 atom stereocenters. The molecule has 0 radical (unpaired) electrons. The van der Waals surface area contributed by atoms with Crippen molar-refractivity contribution in [2.45, 2.75) is 31.8 Å². The summed E-state index contributed by atoms with van der Waals surface area (Å²) in [4.78, 5) is 0. The van der Waals surface area contributed by atoms with E-state index in [2.05, 4.69) is 0 Å². The number of ether oxygens (including phenoxy) is 1. The zero-order valence-electron chi connectivity index (χ0n) is 10.4. The smallest absolute Gasteiger partial charge is 0.122 e. The maximum Gasteiger partial charge on any atom is 0.122 e. The van der Waals surface area contributed by atoms with Gasteiger partial charge in [0, 0.05) is 18.0 Å². The van der Waals surface area contributed by atoms with Crippen molar-refractivity contribution in [3.05, 3.63) is 28.8 Å². The van der Waals surface area contributed by atoms with Crippen LogP contribution in [0.2, 0.25) is 5.02 Å². The van der Waals surface area contributed by atoms with Gasteiger partial charge in [0.05, 0.1) is 12.7 Å². The third kappa shape index (κ3) is 3.87. The molecule has 0 aliphatic carbocycles. The van der Waals surface area contributed by atoms with Crippen LogP contribution in [0.15, 0.2) is 18.2 Å². The van der Waals surface area contributed by atoms with E-state index in [1.54, 1.807) is 19.2 Å². The van der Waals surface area contributed by atoms with E-state index in [0.29, 0.717) is 17.9 Å². The second kappa shape index (κ2) is 6.24. The van der Waals surface area contributed by atoms with Gasteiger partial charge >= 0.3 is 0 Å². The van der Waals surface area contributed by atoms with E-state index < -0.39 is 5.60 Å². The molecule has 0 aliphatic rings. The normalized spacial score (nSPS) is 14.4. The van der Waals surface area contributed by atoms with Crippen molar-refractivity contribution in [1.82, 2.24) is 0 Å². The summed E-state index contributed by atoms with van der Waals surface area (Å²) in [5.41, 5.74) is 5.65. The van der Waals surface area contributed by atoms with Gasteiger partial charge in [-0.05, 0) is 30.2 Å². The minimum absolute atomic E-state index is 0.233. The van der Waals surface area contributed by atoms with E-state index in [1.807, 2.05) is 13.0 Å². The summed E-state index contributed by atoms with van der Waals surface area (Å²) in [5.74, 6) is 0.734. The molecule has 0 aromatic heterocycles. The van der Waals surface area contributed by atoms with E-state index in [0.717, 1.165) is 17.7 Å². The van der Waals surface area contributed by atoms with Crippen LogP contribution in [0.3, 0.4) is 0 Å². The van der Waals surface area contributed by atoms with Gasteiger partial charge in [0.25, 0.3) is 0 Å². The second-order valence-corrected chi connectivity index (χ2v) is 4.75. The Morgan fingerprint density at radius 2 is 2.18 bits per heavy atom. The Hall–Kier alpha value is -0.770. The predicted octanol–water partition coefficient (Wildman–Crippen LogP) is 2.38. The van der Waals surface area contributed by atoms with Crippen LogP contribution in [0.4, 0.5) is 0 Å². The number of nitrogens with two attached hydrogens (primary N) is 1. The Morgan fingerprint density at radius 1 is 1.47 bits per heavy atom. The van der Waals surface area contributed by atoms with Crippen molar-refractivity contribution in [2.75, 3.05) is 13.7 Å². The van der Waals surface area contributed by atoms with Gasteiger partial charge in [-0.15, -0.1) is 0 Å². The molecule has 0 amide bonds. The van der Waals surface area contributed by atoms with Gasteiger partial charge in [-0.2, -0.15) is 0 Å². The summed E-state index contributed by atoms with van der Waals surface area (Å²) in [5, 5.41) is 11.0. The minimum atomic E-state index is -0.882. The van der Waals surface area contributed by atoms with Crippen molar-refractivity contribution < 1.29 is 9.84 Å². The molecule has 1 rings (SSSR count). The molecule has 1 aromatic rings. The number of benzene rings is 1. The van der Waals surface area contributed by atoms with Crippen LogP contribution < -0.4 is 10.5 Å². The van der Waals surface area contributed by atoms with E-state index in [1.165, 1.54) is 0 Å². The van der Waals surface area contributed by atoms with E-state index in [9.17, 15) is 5.11 Å². The van der Waals surface area contributed by atoms with Crippen molar-refractivity contribution >= 4 is 11.6 Å². The first-order chi connectivity index (χ1) is 8.04. The number of aliphatic hydroxyl groups is 1. The molecule has 1 aromatic carbocycles. The van der Waals surface area contributed by atoms with Crippen LogP contribution in [0, 0.1) is 0 Å². The molecule has 0 aliphatic heterocycles. The molecule has 0 saturated heterocycles. The van der Waals surface area contributed by atoms with Crippen LogP contribution in [0.1, 0.15) is 25.3 Å². The standard InChI is InChI=1S/C13H20ClNO2/c1-3-6-13(16,9-15)8-10-7-11(14)4-5-12(10)17-2/h4-5,7,16H,3,6,8-9,15H2,1-2H3. The zero-order chi connectivity index (χ0) is 12.9. The highest BCUT2D eigenvalue weighted by atomic mass is 35.5. The van der Waals surface area contributed by atoms with Crippen LogP contribution in [0.25, 0.3) is 0 Å². The first-order valence-electron chi connectivity index (χ1n) is 5.79. The average Bonchev–Trinajstić information content (AvgIpc) is 2.29. The van der Waals surface area contributed by atoms with E-state index in [-0.39, 0.29) is 6.54 Å². The van der Waals surface area contributed by atoms with Gasteiger partial charge < -0.3 is 15.6 Å². The van der Waals surface area contributed by atoms with Gasteiger partial charge in [0.15, 0.2) is 0 Å². The molecule has 17 heavy (non-hydrogen) atoms. The van der Waals surface area contributed by atoms with Crippen LogP contribution in [-0.2, 0) is 6.42 Å². The highest BCUT2D eigenvalue weighted by Gasteiger charge is 2.26. The second-order valence-electron chi connectivity index (χ2n) is 4.31. The maximum atomic E-state index is 10.4. The molecule has 0 heterocycles. The average molecular weight is 258 g/mol. The Kier molecular flexibility index (Phi) is 5.25. The molecule has 3 nitrogen and oxygen atoms in total. The van der Waals surface area contributed by atoms with Gasteiger partial charge in [-0.25, -0.2) is 0 Å². The Bertz CT molecular complexity index is 370. The van der Waals surface area contributed by atoms with Crippen molar-refractivity contribution in [3.8, 4) is 5.75 Å². The molecule has 0 bridgehead atoms. The fourth-order valence-corrected chi connectivity index (χ4v) is 2.16. The lowest BCUT2D eigenvalue weighted by atomic mass is 9.90. The summed E-state index contributed by atoms with van der Waals surface area (Å²) >= 11 is 5.95. The fourth-order valence-electron chi connectivity index (χ4n) is 1.97. The van der Waals surface area contributed by atoms with Gasteiger partial charge in [-0.3, -0.25) is 0 Å². The first kappa shape index (κ1) is 14.3. The quantitative estimate of drug-likeness (QED) is 0.823. The Labute approximate surface area is 108 Å². The highest BCUT2D eigenvalue weighted by Crippen LogP contribution is 2.28. The van der Waals surface area contributed by atoms with Crippen LogP contribution in [-0.4, -0.2) is 24.4 Å². The van der Waals surface area contributed by atoms with Crippen molar-refractivity contribution in [1.29, 1.82) is 0 Å². The van der Waals surface area contributed by atoms with Gasteiger partial charge in [-0.1, -0.05) is 24.9 Å². The van der Waals surface area contributed by atoms with Gasteiger partial charge in [0.2, 0.25) is 0 Å². The molecule has 1 unspecified atom stereocenters. The lowest BCUT2D eigenvalue weighted by molar-refractivity contribution is 0.0393. The Morgan fingerprint density at radius 3 is 2.71 bits per heavy atom. The topological polar surface area (TPSA) is 55.5 Å². The van der Waals surface area contributed by atoms with Crippen LogP contribution >= 0.6 is 11.6 Å². The third-order valence-corrected chi connectivity index (χ3v) is 3.09. The summed E-state index contributed by atoms with van der Waals surface area (Å²) in [6.45, 7) is 2.26. The fraction of sp³-hybridized carbons (Fsp3) is 0.538. The third-order valence-electron chi connectivity index (χ3n) is 2.86. The predicted molar refractivity (Wildman–Crippen MR) is 70.6 cm³/mol.